The molecule has 6 nitrogen and oxygen atoms in total. The number of nitrogens with zero attached hydrogens (tertiary/aromatic N) is 1. The number of nitrogens with two attached hydrogens (primary N) is 1. The minimum Gasteiger partial charge on any atom is -0.404 e. The van der Waals surface area contributed by atoms with Gasteiger partial charge in [0.2, 0.25) is 5.91 Å². The Balaban J connectivity index is 1.89. The van der Waals surface area contributed by atoms with Crippen LogP contribution < -0.4 is 16.4 Å². The van der Waals surface area contributed by atoms with Crippen LogP contribution in [0.25, 0.3) is 0 Å². The molecule has 3 rings (SSSR count). The second-order valence-electron chi connectivity index (χ2n) is 9.68. The average molecular weight is 460 g/mol. The lowest BCUT2D eigenvalue weighted by Gasteiger charge is -2.37. The predicted octanol–water partition coefficient (Wildman–Crippen LogP) is 4.90. The number of nitrogens with one attached hydrogen (secondary N) is 3. The van der Waals surface area contributed by atoms with Gasteiger partial charge in [-0.3, -0.25) is 15.2 Å². The van der Waals surface area contributed by atoms with E-state index in [-0.39, 0.29) is 23.3 Å². The van der Waals surface area contributed by atoms with Crippen LogP contribution in [0.5, 0.6) is 0 Å². The van der Waals surface area contributed by atoms with E-state index in [1.54, 1.807) is 0 Å². The fraction of sp³-hybridized carbons (Fsp3) is 0.393. The van der Waals surface area contributed by atoms with Gasteiger partial charge in [-0.25, -0.2) is 0 Å². The summed E-state index contributed by atoms with van der Waals surface area (Å²) in [7, 11) is 0. The smallest absolute Gasteiger partial charge is 0.236 e. The minimum absolute atomic E-state index is 0.0540. The molecule has 1 aliphatic rings. The molecule has 0 fully saturated rings. The number of hydrogen-bond acceptors (Lipinski definition) is 5. The summed E-state index contributed by atoms with van der Waals surface area (Å²) in [6.45, 7) is 10.2. The van der Waals surface area contributed by atoms with Gasteiger partial charge in [0.05, 0.1) is 17.0 Å². The van der Waals surface area contributed by atoms with Gasteiger partial charge in [0.25, 0.3) is 0 Å². The van der Waals surface area contributed by atoms with Crippen molar-refractivity contribution >= 4 is 17.6 Å². The molecule has 0 bridgehead atoms. The normalized spacial score (nSPS) is 18.0. The van der Waals surface area contributed by atoms with Crippen LogP contribution in [-0.4, -0.2) is 23.1 Å². The van der Waals surface area contributed by atoms with Crippen molar-refractivity contribution in [2.24, 2.45) is 10.7 Å². The van der Waals surface area contributed by atoms with Crippen LogP contribution in [0.1, 0.15) is 69.7 Å². The van der Waals surface area contributed by atoms with Gasteiger partial charge in [0.1, 0.15) is 11.7 Å². The van der Waals surface area contributed by atoms with E-state index >= 15 is 0 Å². The number of aryl methyl sites for hydroxylation is 1. The van der Waals surface area contributed by atoms with Crippen molar-refractivity contribution in [3.63, 3.8) is 0 Å². The number of rotatable bonds is 7. The molecule has 0 saturated carbocycles. The van der Waals surface area contributed by atoms with E-state index in [0.29, 0.717) is 24.3 Å². The van der Waals surface area contributed by atoms with Gasteiger partial charge in [-0.05, 0) is 51.2 Å². The third kappa shape index (κ3) is 5.22. The molecule has 1 amide bonds. The minimum atomic E-state index is -0.729. The van der Waals surface area contributed by atoms with Crippen LogP contribution >= 0.6 is 0 Å². The molecule has 5 N–H and O–H groups in total. The second kappa shape index (κ2) is 10.2. The van der Waals surface area contributed by atoms with Gasteiger partial charge in [-0.15, -0.1) is 0 Å². The molecule has 0 spiro atoms. The maximum atomic E-state index is 13.6. The number of benzene rings is 2. The Morgan fingerprint density at radius 3 is 2.35 bits per heavy atom. The Bertz CT molecular complexity index is 1080. The average Bonchev–Trinajstić information content (AvgIpc) is 2.81. The van der Waals surface area contributed by atoms with Gasteiger partial charge in [0.15, 0.2) is 0 Å². The molecule has 1 unspecified atom stereocenters. The first-order valence-corrected chi connectivity index (χ1v) is 12.0. The van der Waals surface area contributed by atoms with Crippen LogP contribution in [0.15, 0.2) is 71.4 Å². The Morgan fingerprint density at radius 2 is 1.79 bits per heavy atom. The van der Waals surface area contributed by atoms with Gasteiger partial charge >= 0.3 is 0 Å². The van der Waals surface area contributed by atoms with Gasteiger partial charge in [0, 0.05) is 11.7 Å². The highest BCUT2D eigenvalue weighted by Crippen LogP contribution is 2.33. The first-order chi connectivity index (χ1) is 16.2. The van der Waals surface area contributed by atoms with Crippen molar-refractivity contribution in [2.75, 3.05) is 0 Å². The zero-order valence-electron chi connectivity index (χ0n) is 20.9. The highest BCUT2D eigenvalue weighted by atomic mass is 16.2. The van der Waals surface area contributed by atoms with Crippen molar-refractivity contribution in [1.82, 2.24) is 10.6 Å². The molecule has 34 heavy (non-hydrogen) atoms. The van der Waals surface area contributed by atoms with Gasteiger partial charge in [-0.1, -0.05) is 74.0 Å². The molecule has 0 aliphatic carbocycles. The SMILES string of the molecule is CCC(CC)(C(=O)NC(=N)C(=CN)C1=NC(c2ccccc2)CC(C)(C)N1)c1ccc(C)cc1. The molecule has 180 valence electrons. The largest absolute Gasteiger partial charge is 0.404 e. The standard InChI is InChI=1S/C28H37N5O/c1-6-28(7-2,21-15-13-19(3)14-16-21)26(34)32-24(30)22(18-29)25-31-23(17-27(4,5)33-25)20-11-9-8-10-12-20/h8-16,18,23H,6-7,17,29H2,1-5H3,(H,31,33)(H2,30,32,34). The van der Waals surface area contributed by atoms with E-state index < -0.39 is 5.41 Å². The lowest BCUT2D eigenvalue weighted by Crippen LogP contribution is -2.52. The Kier molecular flexibility index (Phi) is 7.60. The van der Waals surface area contributed by atoms with E-state index in [1.807, 2.05) is 63.2 Å². The molecule has 6 heteroatoms. The van der Waals surface area contributed by atoms with Crippen LogP contribution in [0, 0.1) is 12.3 Å². The molecule has 0 saturated heterocycles. The molecule has 2 aromatic rings. The monoisotopic (exact) mass is 459 g/mol. The van der Waals surface area contributed by atoms with E-state index in [2.05, 4.69) is 36.6 Å². The summed E-state index contributed by atoms with van der Waals surface area (Å²) < 4.78 is 0. The summed E-state index contributed by atoms with van der Waals surface area (Å²) in [5.41, 5.74) is 8.58. The number of amidine groups is 2. The molecule has 0 radical (unpaired) electrons. The maximum Gasteiger partial charge on any atom is 0.236 e. The summed E-state index contributed by atoms with van der Waals surface area (Å²) in [5.74, 6) is 0.259. The third-order valence-electron chi connectivity index (χ3n) is 6.81. The van der Waals surface area contributed by atoms with Crippen LogP contribution in [0.2, 0.25) is 0 Å². The fourth-order valence-corrected chi connectivity index (χ4v) is 4.66. The van der Waals surface area contributed by atoms with Crippen molar-refractivity contribution in [3.8, 4) is 0 Å². The number of carbonyl (C=O) groups excluding carboxylic acids is 1. The summed E-state index contributed by atoms with van der Waals surface area (Å²) in [6.07, 6.45) is 3.40. The Morgan fingerprint density at radius 1 is 1.18 bits per heavy atom. The van der Waals surface area contributed by atoms with Gasteiger partial charge in [-0.2, -0.15) is 0 Å². The van der Waals surface area contributed by atoms with E-state index in [9.17, 15) is 4.79 Å². The second-order valence-corrected chi connectivity index (χ2v) is 9.68. The lowest BCUT2D eigenvalue weighted by atomic mass is 9.74. The van der Waals surface area contributed by atoms with Crippen LogP contribution in [0.3, 0.4) is 0 Å². The fourth-order valence-electron chi connectivity index (χ4n) is 4.66. The first kappa shape index (κ1) is 25.2. The van der Waals surface area contributed by atoms with E-state index in [4.69, 9.17) is 16.1 Å². The topological polar surface area (TPSA) is 103 Å². The number of hydrogen-bond donors (Lipinski definition) is 4. The van der Waals surface area contributed by atoms with Crippen molar-refractivity contribution in [2.45, 2.75) is 70.9 Å². The molecular weight excluding hydrogens is 422 g/mol. The lowest BCUT2D eigenvalue weighted by molar-refractivity contribution is -0.125. The van der Waals surface area contributed by atoms with Crippen molar-refractivity contribution < 1.29 is 4.79 Å². The molecule has 1 atom stereocenters. The van der Waals surface area contributed by atoms with Crippen LogP contribution in [-0.2, 0) is 10.2 Å². The zero-order valence-corrected chi connectivity index (χ0v) is 20.9. The summed E-state index contributed by atoms with van der Waals surface area (Å²) >= 11 is 0. The predicted molar refractivity (Wildman–Crippen MR) is 140 cm³/mol. The zero-order chi connectivity index (χ0) is 24.9. The van der Waals surface area contributed by atoms with Gasteiger partial charge < -0.3 is 16.4 Å². The highest BCUT2D eigenvalue weighted by molar-refractivity contribution is 6.25. The van der Waals surface area contributed by atoms with Crippen molar-refractivity contribution in [3.05, 3.63) is 83.1 Å². The summed E-state index contributed by atoms with van der Waals surface area (Å²) in [6, 6.07) is 18.1. The molecule has 1 aliphatic heterocycles. The highest BCUT2D eigenvalue weighted by Gasteiger charge is 2.38. The van der Waals surface area contributed by atoms with Crippen LogP contribution in [0.4, 0.5) is 0 Å². The molecule has 1 heterocycles. The Labute approximate surface area is 203 Å². The molecule has 0 aromatic heterocycles. The number of carbonyl (C=O) groups is 1. The van der Waals surface area contributed by atoms with E-state index in [0.717, 1.165) is 23.1 Å². The summed E-state index contributed by atoms with van der Waals surface area (Å²) in [4.78, 5) is 18.4. The quantitative estimate of drug-likeness (QED) is 0.350. The Hall–Kier alpha value is -3.41. The first-order valence-electron chi connectivity index (χ1n) is 12.0. The third-order valence-corrected chi connectivity index (χ3v) is 6.81. The number of aliphatic imine (C=N–C) groups is 1. The van der Waals surface area contributed by atoms with Crippen molar-refractivity contribution in [1.29, 1.82) is 5.41 Å². The molecule has 2 aromatic carbocycles. The number of amides is 1. The van der Waals surface area contributed by atoms with E-state index in [1.165, 1.54) is 6.20 Å². The maximum absolute atomic E-state index is 13.6. The summed E-state index contributed by atoms with van der Waals surface area (Å²) in [5, 5.41) is 15.0. The molecular formula is C28H37N5O.